The topological polar surface area (TPSA) is 75.9 Å². The molecule has 0 unspecified atom stereocenters. The number of fused-ring (bicyclic) bond motifs is 1. The van der Waals surface area contributed by atoms with Gasteiger partial charge < -0.3 is 14.5 Å². The minimum Gasteiger partial charge on any atom is -0.441 e. The van der Waals surface area contributed by atoms with E-state index >= 15 is 0 Å². The van der Waals surface area contributed by atoms with Gasteiger partial charge in [-0.2, -0.15) is 0 Å². The van der Waals surface area contributed by atoms with Gasteiger partial charge in [0.2, 0.25) is 0 Å². The molecule has 1 N–H and O–H groups in total. The predicted molar refractivity (Wildman–Crippen MR) is 120 cm³/mol. The molecule has 0 bridgehead atoms. The Kier molecular flexibility index (Phi) is 5.12. The van der Waals surface area contributed by atoms with Crippen LogP contribution in [0, 0.1) is 0 Å². The van der Waals surface area contributed by atoms with Gasteiger partial charge in [-0.1, -0.05) is 30.3 Å². The van der Waals surface area contributed by atoms with E-state index in [-0.39, 0.29) is 30.1 Å². The second-order valence-corrected chi connectivity index (χ2v) is 9.28. The van der Waals surface area contributed by atoms with E-state index in [1.54, 1.807) is 18.5 Å². The standard InChI is InChI=1S/C25H28N4O3/c1-25(2)22(17-6-4-3-5-7-17)29(24(31)32-25)20-11-9-19(10-12-20)27-23(30)18-8-13-21-26-14-15-28(21)16-18/h3-8,13-16,19-20,22H,9-12H2,1-2H3,(H,27,30)/t19?,20?,22-/m0/s1. The Hall–Kier alpha value is -3.35. The lowest BCUT2D eigenvalue weighted by Crippen LogP contribution is -2.46. The highest BCUT2D eigenvalue weighted by molar-refractivity contribution is 5.94. The maximum Gasteiger partial charge on any atom is 0.411 e. The molecule has 32 heavy (non-hydrogen) atoms. The number of ether oxygens (including phenoxy) is 1. The fraction of sp³-hybridized carbons (Fsp3) is 0.400. The Bertz CT molecular complexity index is 1130. The molecule has 0 radical (unpaired) electrons. The van der Waals surface area contributed by atoms with Gasteiger partial charge in [0.25, 0.3) is 5.91 Å². The first-order valence-corrected chi connectivity index (χ1v) is 11.2. The molecule has 166 valence electrons. The third kappa shape index (κ3) is 3.72. The fourth-order valence-corrected chi connectivity index (χ4v) is 5.15. The van der Waals surface area contributed by atoms with Gasteiger partial charge in [-0.3, -0.25) is 9.69 Å². The van der Waals surface area contributed by atoms with E-state index in [9.17, 15) is 9.59 Å². The molecule has 1 saturated carbocycles. The summed E-state index contributed by atoms with van der Waals surface area (Å²) in [5.41, 5.74) is 1.94. The number of benzene rings is 1. The van der Waals surface area contributed by atoms with Crippen molar-refractivity contribution in [3.8, 4) is 0 Å². The number of carbonyl (C=O) groups is 2. The normalized spacial score (nSPS) is 25.0. The summed E-state index contributed by atoms with van der Waals surface area (Å²) in [6.45, 7) is 3.96. The Morgan fingerprint density at radius 2 is 1.84 bits per heavy atom. The molecular formula is C25H28N4O3. The van der Waals surface area contributed by atoms with Crippen molar-refractivity contribution < 1.29 is 14.3 Å². The molecule has 7 nitrogen and oxygen atoms in total. The van der Waals surface area contributed by atoms with Crippen LogP contribution in [-0.2, 0) is 4.74 Å². The molecule has 5 rings (SSSR count). The quantitative estimate of drug-likeness (QED) is 0.665. The van der Waals surface area contributed by atoms with Gasteiger partial charge in [-0.15, -0.1) is 0 Å². The zero-order valence-electron chi connectivity index (χ0n) is 18.4. The SMILES string of the molecule is CC1(C)OC(=O)N(C2CCC(NC(=O)c3ccc4nccn4c3)CC2)[C@H]1c1ccccc1. The lowest BCUT2D eigenvalue weighted by Gasteiger charge is -2.38. The minimum atomic E-state index is -0.588. The second-order valence-electron chi connectivity index (χ2n) is 9.28. The highest BCUT2D eigenvalue weighted by atomic mass is 16.6. The van der Waals surface area contributed by atoms with E-state index < -0.39 is 5.60 Å². The van der Waals surface area contributed by atoms with Crippen LogP contribution < -0.4 is 5.32 Å². The largest absolute Gasteiger partial charge is 0.441 e. The van der Waals surface area contributed by atoms with Crippen molar-refractivity contribution in [3.63, 3.8) is 0 Å². The van der Waals surface area contributed by atoms with Crippen LogP contribution in [0.4, 0.5) is 4.79 Å². The van der Waals surface area contributed by atoms with Gasteiger partial charge in [0.15, 0.2) is 0 Å². The van der Waals surface area contributed by atoms with Crippen molar-refractivity contribution in [2.75, 3.05) is 0 Å². The van der Waals surface area contributed by atoms with E-state index in [4.69, 9.17) is 4.74 Å². The smallest absolute Gasteiger partial charge is 0.411 e. The van der Waals surface area contributed by atoms with Gasteiger partial charge in [-0.05, 0) is 57.2 Å². The highest BCUT2D eigenvalue weighted by Crippen LogP contribution is 2.44. The minimum absolute atomic E-state index is 0.0760. The number of imidazole rings is 1. The number of rotatable bonds is 4. The van der Waals surface area contributed by atoms with E-state index in [0.29, 0.717) is 5.56 Å². The maximum atomic E-state index is 12.8. The van der Waals surface area contributed by atoms with Gasteiger partial charge in [0, 0.05) is 30.7 Å². The summed E-state index contributed by atoms with van der Waals surface area (Å²) in [5.74, 6) is -0.0760. The van der Waals surface area contributed by atoms with E-state index in [1.165, 1.54) is 0 Å². The first kappa shape index (κ1) is 20.5. The molecule has 2 amide bonds. The Labute approximate surface area is 187 Å². The van der Waals surface area contributed by atoms with Gasteiger partial charge in [0.05, 0.1) is 11.6 Å². The second kappa shape index (κ2) is 7.97. The number of carbonyl (C=O) groups excluding carboxylic acids is 2. The summed E-state index contributed by atoms with van der Waals surface area (Å²) in [6.07, 6.45) is 8.42. The fourth-order valence-electron chi connectivity index (χ4n) is 5.15. The van der Waals surface area contributed by atoms with Crippen molar-refractivity contribution in [2.24, 2.45) is 0 Å². The maximum absolute atomic E-state index is 12.8. The molecule has 1 saturated heterocycles. The molecule has 2 aromatic heterocycles. The zero-order valence-corrected chi connectivity index (χ0v) is 18.4. The number of aromatic nitrogens is 2. The van der Waals surface area contributed by atoms with E-state index in [0.717, 1.165) is 36.9 Å². The molecule has 1 aliphatic heterocycles. The summed E-state index contributed by atoms with van der Waals surface area (Å²) in [6, 6.07) is 13.8. The van der Waals surface area contributed by atoms with Crippen LogP contribution in [0.25, 0.3) is 5.65 Å². The molecule has 0 spiro atoms. The summed E-state index contributed by atoms with van der Waals surface area (Å²) < 4.78 is 7.61. The number of nitrogens with zero attached hydrogens (tertiary/aromatic N) is 3. The highest BCUT2D eigenvalue weighted by Gasteiger charge is 2.51. The van der Waals surface area contributed by atoms with Crippen molar-refractivity contribution in [2.45, 2.75) is 63.3 Å². The first-order valence-electron chi connectivity index (χ1n) is 11.2. The van der Waals surface area contributed by atoms with Crippen LogP contribution in [0.1, 0.15) is 61.5 Å². The first-order chi connectivity index (χ1) is 15.4. The monoisotopic (exact) mass is 432 g/mol. The predicted octanol–water partition coefficient (Wildman–Crippen LogP) is 4.35. The van der Waals surface area contributed by atoms with Crippen LogP contribution in [0.3, 0.4) is 0 Å². The lowest BCUT2D eigenvalue weighted by atomic mass is 9.86. The number of amides is 2. The average molecular weight is 433 g/mol. The zero-order chi connectivity index (χ0) is 22.3. The molecule has 7 heteroatoms. The van der Waals surface area contributed by atoms with Crippen LogP contribution in [0.5, 0.6) is 0 Å². The molecule has 1 aromatic carbocycles. The van der Waals surface area contributed by atoms with E-state index in [2.05, 4.69) is 22.4 Å². The lowest BCUT2D eigenvalue weighted by molar-refractivity contribution is 0.0663. The van der Waals surface area contributed by atoms with Crippen molar-refractivity contribution in [3.05, 3.63) is 72.2 Å². The Morgan fingerprint density at radius 1 is 1.09 bits per heavy atom. The molecular weight excluding hydrogens is 404 g/mol. The van der Waals surface area contributed by atoms with Gasteiger partial charge >= 0.3 is 6.09 Å². The van der Waals surface area contributed by atoms with E-state index in [1.807, 2.05) is 53.6 Å². The molecule has 1 atom stereocenters. The van der Waals surface area contributed by atoms with Crippen molar-refractivity contribution in [1.29, 1.82) is 0 Å². The van der Waals surface area contributed by atoms with Crippen LogP contribution >= 0.6 is 0 Å². The number of hydrogen-bond acceptors (Lipinski definition) is 4. The summed E-state index contributed by atoms with van der Waals surface area (Å²) in [7, 11) is 0. The number of cyclic esters (lactones) is 1. The number of pyridine rings is 1. The average Bonchev–Trinajstić information content (AvgIpc) is 3.35. The summed E-state index contributed by atoms with van der Waals surface area (Å²) in [4.78, 5) is 31.7. The summed E-state index contributed by atoms with van der Waals surface area (Å²) >= 11 is 0. The van der Waals surface area contributed by atoms with Crippen molar-refractivity contribution in [1.82, 2.24) is 19.6 Å². The number of nitrogens with one attached hydrogen (secondary N) is 1. The third-order valence-electron chi connectivity index (χ3n) is 6.69. The Morgan fingerprint density at radius 3 is 2.59 bits per heavy atom. The third-order valence-corrected chi connectivity index (χ3v) is 6.69. The van der Waals surface area contributed by atoms with Crippen molar-refractivity contribution >= 4 is 17.6 Å². The van der Waals surface area contributed by atoms with Crippen LogP contribution in [0.15, 0.2) is 61.1 Å². The Balaban J connectivity index is 1.25. The summed E-state index contributed by atoms with van der Waals surface area (Å²) in [5, 5.41) is 3.17. The van der Waals surface area contributed by atoms with Crippen LogP contribution in [0.2, 0.25) is 0 Å². The molecule has 3 heterocycles. The van der Waals surface area contributed by atoms with Gasteiger partial charge in [0.1, 0.15) is 11.2 Å². The molecule has 2 aliphatic rings. The molecule has 2 fully saturated rings. The van der Waals surface area contributed by atoms with Gasteiger partial charge in [-0.25, -0.2) is 9.78 Å². The number of hydrogen-bond donors (Lipinski definition) is 1. The molecule has 1 aliphatic carbocycles. The van der Waals surface area contributed by atoms with Crippen LogP contribution in [-0.4, -0.2) is 44.0 Å². The molecule has 3 aromatic rings.